The molecule has 0 fully saturated rings. The maximum Gasteiger partial charge on any atom is 0.338 e. The number of nitrogens with zero attached hydrogens (tertiary/aromatic N) is 2. The van der Waals surface area contributed by atoms with E-state index in [1.54, 1.807) is 19.1 Å². The van der Waals surface area contributed by atoms with Gasteiger partial charge in [0.2, 0.25) is 5.91 Å². The third-order valence-corrected chi connectivity index (χ3v) is 5.40. The van der Waals surface area contributed by atoms with Crippen molar-refractivity contribution in [2.75, 3.05) is 6.61 Å². The molecule has 0 aromatic heterocycles. The van der Waals surface area contributed by atoms with Gasteiger partial charge in [0.05, 0.1) is 23.7 Å². The molecule has 30 heavy (non-hydrogen) atoms. The van der Waals surface area contributed by atoms with E-state index in [1.165, 1.54) is 30.0 Å². The monoisotopic (exact) mass is 429 g/mol. The van der Waals surface area contributed by atoms with Gasteiger partial charge in [-0.05, 0) is 43.9 Å². The Balaban J connectivity index is 2.03. The van der Waals surface area contributed by atoms with Crippen molar-refractivity contribution in [3.05, 3.63) is 70.7 Å². The molecule has 8 heteroatoms. The molecule has 2 aliphatic rings. The van der Waals surface area contributed by atoms with Crippen LogP contribution in [0.25, 0.3) is 0 Å². The number of nitrogens with one attached hydrogen (secondary N) is 1. The number of thioether (sulfide) groups is 1. The van der Waals surface area contributed by atoms with Crippen LogP contribution in [0.3, 0.4) is 0 Å². The molecule has 6 nitrogen and oxygen atoms in total. The second-order valence-electron chi connectivity index (χ2n) is 7.23. The highest BCUT2D eigenvalue weighted by molar-refractivity contribution is 8.16. The highest BCUT2D eigenvalue weighted by atomic mass is 32.2. The molecular formula is C22H24FN3O3S. The van der Waals surface area contributed by atoms with Gasteiger partial charge >= 0.3 is 5.97 Å². The molecule has 0 spiro atoms. The molecule has 2 heterocycles. The van der Waals surface area contributed by atoms with Gasteiger partial charge in [-0.3, -0.25) is 4.79 Å². The molecule has 0 radical (unpaired) electrons. The van der Waals surface area contributed by atoms with Crippen molar-refractivity contribution in [2.45, 2.75) is 39.3 Å². The Morgan fingerprint density at radius 1 is 1.43 bits per heavy atom. The Labute approximate surface area is 179 Å². The highest BCUT2D eigenvalue weighted by Crippen LogP contribution is 2.44. The summed E-state index contributed by atoms with van der Waals surface area (Å²) in [5.41, 5.74) is 2.07. The third kappa shape index (κ3) is 4.64. The largest absolute Gasteiger partial charge is 0.458 e. The Hall–Kier alpha value is -2.87. The molecular weight excluding hydrogens is 405 g/mol. The fourth-order valence-electron chi connectivity index (χ4n) is 3.37. The molecule has 158 valence electrons. The van der Waals surface area contributed by atoms with Gasteiger partial charge in [-0.25, -0.2) is 14.2 Å². The van der Waals surface area contributed by atoms with E-state index >= 15 is 0 Å². The standard InChI is InChI=1S/C22H24FN3O3S/c1-5-9-29-21(28)19-14(4)25-22-26(20(19)15-7-6-8-16(23)10-15)17(12-30-22)11-18(27)24-13(2)3/h5-8,10,12-13,20H,1,9,11H2,2-4H3,(H,24,27). The lowest BCUT2D eigenvalue weighted by molar-refractivity contribution is -0.138. The van der Waals surface area contributed by atoms with Gasteiger partial charge in [0, 0.05) is 11.7 Å². The SMILES string of the molecule is C=CCOC(=O)C1=C(C)N=C2SC=C(CC(=O)NC(C)C)N2C1c1cccc(F)c1. The lowest BCUT2D eigenvalue weighted by Gasteiger charge is -2.36. The predicted molar refractivity (Wildman–Crippen MR) is 116 cm³/mol. The Morgan fingerprint density at radius 2 is 2.20 bits per heavy atom. The van der Waals surface area contributed by atoms with Crippen LogP contribution in [-0.4, -0.2) is 34.6 Å². The van der Waals surface area contributed by atoms with E-state index in [2.05, 4.69) is 16.9 Å². The zero-order chi connectivity index (χ0) is 21.8. The van der Waals surface area contributed by atoms with Gasteiger partial charge in [0.15, 0.2) is 5.17 Å². The first-order chi connectivity index (χ1) is 14.3. The minimum atomic E-state index is -0.654. The van der Waals surface area contributed by atoms with Gasteiger partial charge in [-0.15, -0.1) is 0 Å². The van der Waals surface area contributed by atoms with Gasteiger partial charge < -0.3 is 15.0 Å². The van der Waals surface area contributed by atoms with Crippen molar-refractivity contribution in [1.82, 2.24) is 10.2 Å². The van der Waals surface area contributed by atoms with Gasteiger partial charge in [0.1, 0.15) is 12.4 Å². The van der Waals surface area contributed by atoms with Crippen molar-refractivity contribution >= 4 is 28.8 Å². The molecule has 0 saturated carbocycles. The third-order valence-electron chi connectivity index (χ3n) is 4.51. The molecule has 2 aliphatic heterocycles. The Morgan fingerprint density at radius 3 is 2.87 bits per heavy atom. The van der Waals surface area contributed by atoms with E-state index in [-0.39, 0.29) is 25.0 Å². The number of carbonyl (C=O) groups is 2. The predicted octanol–water partition coefficient (Wildman–Crippen LogP) is 4.04. The van der Waals surface area contributed by atoms with E-state index in [1.807, 2.05) is 24.2 Å². The Bertz CT molecular complexity index is 968. The maximum atomic E-state index is 14.1. The van der Waals surface area contributed by atoms with Crippen molar-refractivity contribution < 1.29 is 18.7 Å². The summed E-state index contributed by atoms with van der Waals surface area (Å²) in [6, 6.07) is 5.43. The molecule has 1 atom stereocenters. The summed E-state index contributed by atoms with van der Waals surface area (Å²) in [4.78, 5) is 31.6. The molecule has 1 amide bonds. The summed E-state index contributed by atoms with van der Waals surface area (Å²) in [5.74, 6) is -1.10. The maximum absolute atomic E-state index is 14.1. The van der Waals surface area contributed by atoms with Crippen LogP contribution in [0.4, 0.5) is 4.39 Å². The minimum absolute atomic E-state index is 0.00671. The number of amides is 1. The summed E-state index contributed by atoms with van der Waals surface area (Å²) < 4.78 is 19.4. The fourth-order valence-corrected chi connectivity index (χ4v) is 4.34. The summed E-state index contributed by atoms with van der Waals surface area (Å²) >= 11 is 1.37. The van der Waals surface area contributed by atoms with Gasteiger partial charge in [0.25, 0.3) is 0 Å². The van der Waals surface area contributed by atoms with E-state index in [0.29, 0.717) is 27.7 Å². The number of carbonyl (C=O) groups excluding carboxylic acids is 2. The minimum Gasteiger partial charge on any atom is -0.458 e. The number of aliphatic imine (C=N–C) groups is 1. The molecule has 1 N–H and O–H groups in total. The number of allylic oxidation sites excluding steroid dienone is 1. The zero-order valence-electron chi connectivity index (χ0n) is 17.1. The van der Waals surface area contributed by atoms with E-state index in [4.69, 9.17) is 4.74 Å². The number of esters is 1. The molecule has 0 saturated heterocycles. The number of hydrogen-bond donors (Lipinski definition) is 1. The first-order valence-corrected chi connectivity index (χ1v) is 10.5. The van der Waals surface area contributed by atoms with Gasteiger partial charge in [-0.1, -0.05) is 36.5 Å². The number of rotatable bonds is 7. The highest BCUT2D eigenvalue weighted by Gasteiger charge is 2.41. The van der Waals surface area contributed by atoms with Gasteiger partial charge in [-0.2, -0.15) is 0 Å². The number of benzene rings is 1. The first kappa shape index (κ1) is 21.8. The van der Waals surface area contributed by atoms with Crippen LogP contribution in [0.2, 0.25) is 0 Å². The van der Waals surface area contributed by atoms with Crippen molar-refractivity contribution in [3.8, 4) is 0 Å². The number of halogens is 1. The molecule has 0 aliphatic carbocycles. The van der Waals surface area contributed by atoms with Crippen molar-refractivity contribution in [1.29, 1.82) is 0 Å². The molecule has 1 aromatic carbocycles. The van der Waals surface area contributed by atoms with E-state index in [0.717, 1.165) is 0 Å². The summed E-state index contributed by atoms with van der Waals surface area (Å²) in [7, 11) is 0. The first-order valence-electron chi connectivity index (χ1n) is 9.59. The average molecular weight is 430 g/mol. The summed E-state index contributed by atoms with van der Waals surface area (Å²) in [6.07, 6.45) is 1.60. The van der Waals surface area contributed by atoms with Crippen molar-refractivity contribution in [3.63, 3.8) is 0 Å². The van der Waals surface area contributed by atoms with E-state index in [9.17, 15) is 14.0 Å². The second-order valence-corrected chi connectivity index (χ2v) is 8.07. The fraction of sp³-hybridized carbons (Fsp3) is 0.318. The molecule has 0 bridgehead atoms. The van der Waals surface area contributed by atoms with E-state index < -0.39 is 17.8 Å². The van der Waals surface area contributed by atoms with Crippen LogP contribution in [0.5, 0.6) is 0 Å². The van der Waals surface area contributed by atoms with Crippen LogP contribution >= 0.6 is 11.8 Å². The topological polar surface area (TPSA) is 71.0 Å². The number of amidine groups is 1. The zero-order valence-corrected chi connectivity index (χ0v) is 18.0. The van der Waals surface area contributed by atoms with Crippen LogP contribution in [-0.2, 0) is 14.3 Å². The second kappa shape index (κ2) is 9.30. The smallest absolute Gasteiger partial charge is 0.338 e. The number of hydrogen-bond acceptors (Lipinski definition) is 6. The quantitative estimate of drug-likeness (QED) is 0.523. The number of fused-ring (bicyclic) bond motifs is 1. The van der Waals surface area contributed by atoms with Crippen molar-refractivity contribution in [2.24, 2.45) is 4.99 Å². The van der Waals surface area contributed by atoms with Crippen LogP contribution < -0.4 is 5.32 Å². The molecule has 1 unspecified atom stereocenters. The number of ether oxygens (including phenoxy) is 1. The average Bonchev–Trinajstić information content (AvgIpc) is 3.06. The summed E-state index contributed by atoms with van der Waals surface area (Å²) in [6.45, 7) is 9.12. The van der Waals surface area contributed by atoms with Crippen LogP contribution in [0.15, 0.2) is 64.3 Å². The molecule has 3 rings (SSSR count). The summed E-state index contributed by atoms with van der Waals surface area (Å²) in [5, 5.41) is 5.35. The van der Waals surface area contributed by atoms with Crippen LogP contribution in [0, 0.1) is 5.82 Å². The lowest BCUT2D eigenvalue weighted by Crippen LogP contribution is -2.38. The lowest BCUT2D eigenvalue weighted by atomic mass is 9.93. The normalized spacial score (nSPS) is 18.0. The molecule has 1 aromatic rings. The van der Waals surface area contributed by atoms with Crippen LogP contribution in [0.1, 0.15) is 38.8 Å². The Kier molecular flexibility index (Phi) is 6.77.